The third kappa shape index (κ3) is 5.79. The molecule has 7 heteroatoms. The number of hydroxylamine groups is 1. The fourth-order valence-corrected chi connectivity index (χ4v) is 0.557. The van der Waals surface area contributed by atoms with E-state index in [-0.39, 0.29) is 13.0 Å². The summed E-state index contributed by atoms with van der Waals surface area (Å²) in [5.41, 5.74) is 1.92. The van der Waals surface area contributed by atoms with E-state index in [9.17, 15) is 9.59 Å². The minimum atomic E-state index is -1.18. The van der Waals surface area contributed by atoms with Crippen LogP contribution < -0.4 is 5.48 Å². The van der Waals surface area contributed by atoms with E-state index in [2.05, 4.69) is 4.84 Å². The molecule has 0 aromatic carbocycles. The molecule has 0 rings (SSSR count). The number of carbonyl (C=O) groups excluding carboxylic acids is 1. The number of rotatable bonds is 5. The molecule has 0 fully saturated rings. The van der Waals surface area contributed by atoms with Gasteiger partial charge in [-0.1, -0.05) is 0 Å². The Hall–Kier alpha value is -1.81. The lowest BCUT2D eigenvalue weighted by molar-refractivity contribution is -0.144. The van der Waals surface area contributed by atoms with Gasteiger partial charge < -0.3 is 10.0 Å². The fourth-order valence-electron chi connectivity index (χ4n) is 0.557. The topological polar surface area (TPSA) is 103 Å². The quantitative estimate of drug-likeness (QED) is 0.587. The van der Waals surface area contributed by atoms with E-state index in [1.807, 2.05) is 11.5 Å². The van der Waals surface area contributed by atoms with Crippen LogP contribution in [0.3, 0.4) is 0 Å². The van der Waals surface area contributed by atoms with E-state index in [1.165, 1.54) is 11.9 Å². The number of hydrogen-bond donors (Lipinski definition) is 2. The molecule has 0 unspecified atom stereocenters. The Balaban J connectivity index is 3.63. The lowest BCUT2D eigenvalue weighted by Crippen LogP contribution is -2.38. The summed E-state index contributed by atoms with van der Waals surface area (Å²) in [5, 5.41) is 16.4. The van der Waals surface area contributed by atoms with Crippen LogP contribution in [0.15, 0.2) is 0 Å². The lowest BCUT2D eigenvalue weighted by Gasteiger charge is -2.15. The van der Waals surface area contributed by atoms with Crippen molar-refractivity contribution in [1.29, 1.82) is 5.26 Å². The van der Waals surface area contributed by atoms with Crippen LogP contribution in [0.1, 0.15) is 6.42 Å². The van der Waals surface area contributed by atoms with Crippen LogP contribution in [0.2, 0.25) is 0 Å². The van der Waals surface area contributed by atoms with Gasteiger partial charge in [0.15, 0.2) is 6.61 Å². The molecule has 0 aliphatic carbocycles. The second-order valence-corrected chi connectivity index (χ2v) is 2.42. The molecule has 0 radical (unpaired) electrons. The van der Waals surface area contributed by atoms with Crippen LogP contribution in [0.25, 0.3) is 0 Å². The molecule has 0 aromatic rings. The number of carboxylic acids is 1. The van der Waals surface area contributed by atoms with Crippen molar-refractivity contribution >= 4 is 12.0 Å². The van der Waals surface area contributed by atoms with Crippen molar-refractivity contribution in [3.63, 3.8) is 0 Å². The summed E-state index contributed by atoms with van der Waals surface area (Å²) in [4.78, 5) is 26.6. The number of nitriles is 1. The molecule has 0 aliphatic heterocycles. The first-order chi connectivity index (χ1) is 6.57. The number of carboxylic acid groups (broad SMARTS) is 1. The molecule has 0 aliphatic rings. The molecule has 0 bridgehead atoms. The molecule has 0 atom stereocenters. The van der Waals surface area contributed by atoms with Crippen molar-refractivity contribution in [2.45, 2.75) is 6.42 Å². The molecule has 78 valence electrons. The normalized spacial score (nSPS) is 8.86. The lowest BCUT2D eigenvalue weighted by atomic mass is 10.4. The van der Waals surface area contributed by atoms with Crippen molar-refractivity contribution < 1.29 is 19.5 Å². The molecule has 0 spiro atoms. The number of nitrogens with zero attached hydrogens (tertiary/aromatic N) is 2. The van der Waals surface area contributed by atoms with Crippen LogP contribution in [-0.4, -0.2) is 42.2 Å². The van der Waals surface area contributed by atoms with Gasteiger partial charge in [0.1, 0.15) is 0 Å². The van der Waals surface area contributed by atoms with Gasteiger partial charge in [0.2, 0.25) is 0 Å². The number of amides is 2. The Kier molecular flexibility index (Phi) is 5.82. The van der Waals surface area contributed by atoms with E-state index in [4.69, 9.17) is 10.4 Å². The number of hydrogen-bond acceptors (Lipinski definition) is 4. The molecule has 0 heterocycles. The van der Waals surface area contributed by atoms with Gasteiger partial charge in [-0.3, -0.25) is 4.84 Å². The average molecular weight is 201 g/mol. The highest BCUT2D eigenvalue weighted by Crippen LogP contribution is 1.87. The Bertz CT molecular complexity index is 248. The van der Waals surface area contributed by atoms with Crippen LogP contribution in [-0.2, 0) is 9.63 Å². The van der Waals surface area contributed by atoms with Crippen molar-refractivity contribution in [2.75, 3.05) is 20.2 Å². The van der Waals surface area contributed by atoms with E-state index in [0.29, 0.717) is 0 Å². The minimum Gasteiger partial charge on any atom is -0.479 e. The van der Waals surface area contributed by atoms with Gasteiger partial charge >= 0.3 is 12.0 Å². The van der Waals surface area contributed by atoms with Gasteiger partial charge in [-0.15, -0.1) is 0 Å². The van der Waals surface area contributed by atoms with Gasteiger partial charge in [-0.25, -0.2) is 15.1 Å². The molecular weight excluding hydrogens is 190 g/mol. The van der Waals surface area contributed by atoms with Crippen molar-refractivity contribution in [3.05, 3.63) is 0 Å². The van der Waals surface area contributed by atoms with Gasteiger partial charge in [-0.2, -0.15) is 5.26 Å². The highest BCUT2D eigenvalue weighted by Gasteiger charge is 2.07. The van der Waals surface area contributed by atoms with Crippen LogP contribution in [0.5, 0.6) is 0 Å². The number of carbonyl (C=O) groups is 2. The first-order valence-electron chi connectivity index (χ1n) is 3.79. The van der Waals surface area contributed by atoms with Crippen molar-refractivity contribution in [3.8, 4) is 6.07 Å². The number of nitrogens with one attached hydrogen (secondary N) is 1. The summed E-state index contributed by atoms with van der Waals surface area (Å²) in [7, 11) is 1.47. The third-order valence-electron chi connectivity index (χ3n) is 1.26. The molecule has 2 amide bonds. The van der Waals surface area contributed by atoms with Gasteiger partial charge in [0, 0.05) is 13.6 Å². The first-order valence-corrected chi connectivity index (χ1v) is 3.79. The molecule has 2 N–H and O–H groups in total. The Morgan fingerprint density at radius 2 is 2.29 bits per heavy atom. The predicted octanol–water partition coefficient (Wildman–Crippen LogP) is -0.442. The third-order valence-corrected chi connectivity index (χ3v) is 1.26. The molecule has 0 aromatic heterocycles. The first kappa shape index (κ1) is 12.2. The summed E-state index contributed by atoms with van der Waals surface area (Å²) >= 11 is 0. The van der Waals surface area contributed by atoms with E-state index in [1.54, 1.807) is 0 Å². The van der Waals surface area contributed by atoms with Crippen LogP contribution in [0.4, 0.5) is 4.79 Å². The monoisotopic (exact) mass is 201 g/mol. The molecule has 0 saturated carbocycles. The molecule has 14 heavy (non-hydrogen) atoms. The Morgan fingerprint density at radius 1 is 1.64 bits per heavy atom. The average Bonchev–Trinajstić information content (AvgIpc) is 2.13. The maximum atomic E-state index is 11.0. The Labute approximate surface area is 80.8 Å². The van der Waals surface area contributed by atoms with Crippen LogP contribution >= 0.6 is 0 Å². The standard InChI is InChI=1S/C7H11N3O4/c1-10(4-2-3-8)7(13)9-14-5-6(11)12/h2,4-5H2,1H3,(H,9,13)(H,11,12). The highest BCUT2D eigenvalue weighted by molar-refractivity contribution is 5.73. The number of aliphatic carboxylic acids is 1. The van der Waals surface area contributed by atoms with Crippen molar-refractivity contribution in [2.24, 2.45) is 0 Å². The fraction of sp³-hybridized carbons (Fsp3) is 0.571. The second-order valence-electron chi connectivity index (χ2n) is 2.42. The highest BCUT2D eigenvalue weighted by atomic mass is 16.7. The zero-order chi connectivity index (χ0) is 11.0. The van der Waals surface area contributed by atoms with E-state index >= 15 is 0 Å². The Morgan fingerprint density at radius 3 is 2.79 bits per heavy atom. The summed E-state index contributed by atoms with van der Waals surface area (Å²) in [6.45, 7) is -0.337. The maximum absolute atomic E-state index is 11.0. The summed E-state index contributed by atoms with van der Waals surface area (Å²) in [6.07, 6.45) is 0.211. The summed E-state index contributed by atoms with van der Waals surface area (Å²) in [6, 6.07) is 1.29. The molecular formula is C7H11N3O4. The SMILES string of the molecule is CN(CCC#N)C(=O)NOCC(=O)O. The summed E-state index contributed by atoms with van der Waals surface area (Å²) < 4.78 is 0. The molecule has 0 saturated heterocycles. The second kappa shape index (κ2) is 6.68. The largest absolute Gasteiger partial charge is 0.479 e. The zero-order valence-electron chi connectivity index (χ0n) is 7.69. The zero-order valence-corrected chi connectivity index (χ0v) is 7.69. The van der Waals surface area contributed by atoms with Gasteiger partial charge in [-0.05, 0) is 0 Å². The van der Waals surface area contributed by atoms with Gasteiger partial charge in [0.25, 0.3) is 0 Å². The van der Waals surface area contributed by atoms with E-state index < -0.39 is 18.6 Å². The van der Waals surface area contributed by atoms with E-state index in [0.717, 1.165) is 0 Å². The molecule has 7 nitrogen and oxygen atoms in total. The van der Waals surface area contributed by atoms with Gasteiger partial charge in [0.05, 0.1) is 12.5 Å². The maximum Gasteiger partial charge on any atom is 0.341 e. The van der Waals surface area contributed by atoms with Crippen molar-refractivity contribution in [1.82, 2.24) is 10.4 Å². The smallest absolute Gasteiger partial charge is 0.341 e. The minimum absolute atomic E-state index is 0.211. The number of urea groups is 1. The summed E-state index contributed by atoms with van der Waals surface area (Å²) in [5.74, 6) is -1.18. The predicted molar refractivity (Wildman–Crippen MR) is 45.0 cm³/mol. The van der Waals surface area contributed by atoms with Crippen LogP contribution in [0, 0.1) is 11.3 Å².